The predicted molar refractivity (Wildman–Crippen MR) is 105 cm³/mol. The van der Waals surface area contributed by atoms with Crippen LogP contribution in [0.15, 0.2) is 42.5 Å². The number of hydrogen-bond donors (Lipinski definition) is 1. The van der Waals surface area contributed by atoms with Crippen molar-refractivity contribution in [3.05, 3.63) is 53.6 Å². The highest BCUT2D eigenvalue weighted by atomic mass is 16.6. The molecule has 0 saturated heterocycles. The normalized spacial score (nSPS) is 13.9. The smallest absolute Gasteiger partial charge is 0.224 e. The van der Waals surface area contributed by atoms with Gasteiger partial charge in [-0.1, -0.05) is 19.9 Å². The average molecular weight is 367 g/mol. The van der Waals surface area contributed by atoms with Crippen molar-refractivity contribution in [1.29, 1.82) is 0 Å². The summed E-state index contributed by atoms with van der Waals surface area (Å²) < 4.78 is 11.2. The van der Waals surface area contributed by atoms with Crippen LogP contribution in [0.3, 0.4) is 0 Å². The van der Waals surface area contributed by atoms with Crippen LogP contribution in [0.25, 0.3) is 0 Å². The van der Waals surface area contributed by atoms with Gasteiger partial charge >= 0.3 is 0 Å². The van der Waals surface area contributed by atoms with E-state index in [0.29, 0.717) is 36.8 Å². The topological polar surface area (TPSA) is 64.6 Å². The molecule has 2 aromatic carbocycles. The van der Waals surface area contributed by atoms with Gasteiger partial charge in [-0.3, -0.25) is 9.59 Å². The van der Waals surface area contributed by atoms with Gasteiger partial charge in [0.2, 0.25) is 5.91 Å². The van der Waals surface area contributed by atoms with Crippen molar-refractivity contribution < 1.29 is 19.1 Å². The van der Waals surface area contributed by atoms with E-state index in [1.165, 1.54) is 6.92 Å². The molecule has 0 aliphatic carbocycles. The summed E-state index contributed by atoms with van der Waals surface area (Å²) in [7, 11) is 0. The summed E-state index contributed by atoms with van der Waals surface area (Å²) in [5, 5.41) is 2.92. The van der Waals surface area contributed by atoms with Crippen molar-refractivity contribution in [2.45, 2.75) is 33.1 Å². The first-order valence-electron chi connectivity index (χ1n) is 9.24. The van der Waals surface area contributed by atoms with Crippen molar-refractivity contribution in [2.24, 2.45) is 5.92 Å². The maximum absolute atomic E-state index is 12.6. The summed E-state index contributed by atoms with van der Waals surface area (Å²) in [5.41, 5.74) is 2.38. The Labute approximate surface area is 159 Å². The van der Waals surface area contributed by atoms with Crippen molar-refractivity contribution in [2.75, 3.05) is 18.5 Å². The van der Waals surface area contributed by atoms with E-state index in [2.05, 4.69) is 19.2 Å². The quantitative estimate of drug-likeness (QED) is 0.767. The molecule has 1 N–H and O–H groups in total. The fourth-order valence-electron chi connectivity index (χ4n) is 3.23. The summed E-state index contributed by atoms with van der Waals surface area (Å²) in [6.07, 6.45) is 0.367. The molecule has 1 amide bonds. The molecule has 0 bridgehead atoms. The molecule has 0 saturated carbocycles. The Morgan fingerprint density at radius 1 is 1.00 bits per heavy atom. The molecule has 2 aromatic rings. The Hall–Kier alpha value is -2.82. The Morgan fingerprint density at radius 3 is 2.30 bits per heavy atom. The lowest BCUT2D eigenvalue weighted by molar-refractivity contribution is -0.116. The first-order valence-corrected chi connectivity index (χ1v) is 9.24. The summed E-state index contributed by atoms with van der Waals surface area (Å²) in [6, 6.07) is 12.8. The molecule has 0 aromatic heterocycles. The fraction of sp³-hybridized carbons (Fsp3) is 0.364. The number of ketones is 1. The second kappa shape index (κ2) is 8.25. The van der Waals surface area contributed by atoms with E-state index >= 15 is 0 Å². The van der Waals surface area contributed by atoms with E-state index in [4.69, 9.17) is 9.47 Å². The van der Waals surface area contributed by atoms with Gasteiger partial charge in [0.05, 0.1) is 0 Å². The maximum Gasteiger partial charge on any atom is 0.224 e. The molecule has 3 rings (SSSR count). The third kappa shape index (κ3) is 4.67. The zero-order valence-electron chi connectivity index (χ0n) is 16.0. The van der Waals surface area contributed by atoms with Gasteiger partial charge < -0.3 is 14.8 Å². The largest absolute Gasteiger partial charge is 0.486 e. The lowest BCUT2D eigenvalue weighted by atomic mass is 9.85. The van der Waals surface area contributed by atoms with E-state index in [1.807, 2.05) is 18.2 Å². The summed E-state index contributed by atoms with van der Waals surface area (Å²) in [5.74, 6) is 1.80. The number of benzene rings is 2. The minimum Gasteiger partial charge on any atom is -0.486 e. The van der Waals surface area contributed by atoms with E-state index < -0.39 is 0 Å². The van der Waals surface area contributed by atoms with Crippen LogP contribution in [0.5, 0.6) is 11.5 Å². The minimum absolute atomic E-state index is 0.00589. The lowest BCUT2D eigenvalue weighted by Gasteiger charge is -2.24. The van der Waals surface area contributed by atoms with E-state index in [9.17, 15) is 9.59 Å². The molecule has 0 radical (unpaired) electrons. The monoisotopic (exact) mass is 367 g/mol. The van der Waals surface area contributed by atoms with Crippen molar-refractivity contribution in [3.63, 3.8) is 0 Å². The van der Waals surface area contributed by atoms with Crippen LogP contribution in [0, 0.1) is 5.92 Å². The number of anilines is 1. The summed E-state index contributed by atoms with van der Waals surface area (Å²) in [6.45, 7) is 6.84. The summed E-state index contributed by atoms with van der Waals surface area (Å²) >= 11 is 0. The molecular weight excluding hydrogens is 342 g/mol. The van der Waals surface area contributed by atoms with Crippen molar-refractivity contribution >= 4 is 17.4 Å². The third-order valence-electron chi connectivity index (χ3n) is 4.78. The number of carbonyl (C=O) groups is 2. The lowest BCUT2D eigenvalue weighted by Crippen LogP contribution is -2.20. The van der Waals surface area contributed by atoms with Crippen LogP contribution >= 0.6 is 0 Å². The molecule has 142 valence electrons. The van der Waals surface area contributed by atoms with Gasteiger partial charge in [-0.15, -0.1) is 0 Å². The second-order valence-corrected chi connectivity index (χ2v) is 7.14. The van der Waals surface area contributed by atoms with Crippen LogP contribution in [-0.2, 0) is 4.79 Å². The molecule has 0 spiro atoms. The number of hydrogen-bond acceptors (Lipinski definition) is 4. The van der Waals surface area contributed by atoms with Crippen LogP contribution < -0.4 is 14.8 Å². The van der Waals surface area contributed by atoms with Gasteiger partial charge in [0, 0.05) is 17.7 Å². The molecule has 5 heteroatoms. The van der Waals surface area contributed by atoms with Crippen molar-refractivity contribution in [3.8, 4) is 11.5 Å². The molecule has 1 atom stereocenters. The van der Waals surface area contributed by atoms with Gasteiger partial charge in [0.15, 0.2) is 17.3 Å². The number of carbonyl (C=O) groups excluding carboxylic acids is 2. The molecule has 1 heterocycles. The van der Waals surface area contributed by atoms with Crippen LogP contribution in [-0.4, -0.2) is 24.9 Å². The number of rotatable bonds is 6. The van der Waals surface area contributed by atoms with Gasteiger partial charge in [-0.25, -0.2) is 0 Å². The average Bonchev–Trinajstić information content (AvgIpc) is 2.66. The highest BCUT2D eigenvalue weighted by Crippen LogP contribution is 2.36. The zero-order chi connectivity index (χ0) is 19.4. The second-order valence-electron chi connectivity index (χ2n) is 7.14. The first kappa shape index (κ1) is 19.0. The zero-order valence-corrected chi connectivity index (χ0v) is 16.0. The number of amides is 1. The molecule has 5 nitrogen and oxygen atoms in total. The Balaban J connectivity index is 1.70. The number of Topliss-reactive ketones (excluding diaryl/α,β-unsaturated/α-hetero) is 1. The highest BCUT2D eigenvalue weighted by molar-refractivity contribution is 5.95. The van der Waals surface area contributed by atoms with E-state index in [0.717, 1.165) is 17.1 Å². The van der Waals surface area contributed by atoms with Crippen molar-refractivity contribution in [1.82, 2.24) is 0 Å². The summed E-state index contributed by atoms with van der Waals surface area (Å²) in [4.78, 5) is 23.9. The van der Waals surface area contributed by atoms with Gasteiger partial charge in [0.25, 0.3) is 0 Å². The maximum atomic E-state index is 12.6. The highest BCUT2D eigenvalue weighted by Gasteiger charge is 2.22. The van der Waals surface area contributed by atoms with Crippen LogP contribution in [0.4, 0.5) is 5.69 Å². The van der Waals surface area contributed by atoms with Crippen LogP contribution in [0.1, 0.15) is 49.0 Å². The number of fused-ring (bicyclic) bond motifs is 1. The standard InChI is InChI=1S/C22H25NO4/c1-14(2)19(17-6-9-20-21(12-17)27-11-10-26-20)13-22(25)23-18-7-4-16(5-8-18)15(3)24/h4-9,12,14,19H,10-11,13H2,1-3H3,(H,23,25). The van der Waals surface area contributed by atoms with E-state index in [1.54, 1.807) is 24.3 Å². The first-order chi connectivity index (χ1) is 12.9. The Bertz CT molecular complexity index is 827. The van der Waals surface area contributed by atoms with E-state index in [-0.39, 0.29) is 17.6 Å². The van der Waals surface area contributed by atoms with Gasteiger partial charge in [0.1, 0.15) is 13.2 Å². The minimum atomic E-state index is -0.0563. The molecular formula is C22H25NO4. The molecule has 0 fully saturated rings. The number of nitrogens with one attached hydrogen (secondary N) is 1. The molecule has 27 heavy (non-hydrogen) atoms. The predicted octanol–water partition coefficient (Wildman–Crippen LogP) is 4.43. The fourth-order valence-corrected chi connectivity index (χ4v) is 3.23. The Kier molecular flexibility index (Phi) is 5.79. The SMILES string of the molecule is CC(=O)c1ccc(NC(=O)CC(c2ccc3c(c2)OCCO3)C(C)C)cc1. The molecule has 1 unspecified atom stereocenters. The van der Waals surface area contributed by atoms with Gasteiger partial charge in [-0.05, 0) is 60.7 Å². The molecule has 1 aliphatic rings. The van der Waals surface area contributed by atoms with Crippen LogP contribution in [0.2, 0.25) is 0 Å². The van der Waals surface area contributed by atoms with Gasteiger partial charge in [-0.2, -0.15) is 0 Å². The number of ether oxygens (including phenoxy) is 2. The molecule has 1 aliphatic heterocycles. The Morgan fingerprint density at radius 2 is 1.67 bits per heavy atom. The third-order valence-corrected chi connectivity index (χ3v) is 4.78.